The SMILES string of the molecule is COc1ccccc1CNC(=O)C1CCN(c2cncnc2NC(C)=O)CC1. The Bertz CT molecular complexity index is 834. The first kappa shape index (κ1) is 19.6. The van der Waals surface area contributed by atoms with E-state index in [4.69, 9.17) is 4.74 Å². The van der Waals surface area contributed by atoms with Gasteiger partial charge in [-0.15, -0.1) is 0 Å². The monoisotopic (exact) mass is 383 g/mol. The maximum atomic E-state index is 12.6. The maximum Gasteiger partial charge on any atom is 0.223 e. The summed E-state index contributed by atoms with van der Waals surface area (Å²) in [6, 6.07) is 7.66. The van der Waals surface area contributed by atoms with Crippen molar-refractivity contribution in [3.8, 4) is 5.75 Å². The summed E-state index contributed by atoms with van der Waals surface area (Å²) in [7, 11) is 1.62. The second-order valence-corrected chi connectivity index (χ2v) is 6.73. The van der Waals surface area contributed by atoms with Crippen LogP contribution in [0.4, 0.5) is 11.5 Å². The zero-order valence-corrected chi connectivity index (χ0v) is 16.1. The van der Waals surface area contributed by atoms with Crippen molar-refractivity contribution in [2.75, 3.05) is 30.4 Å². The van der Waals surface area contributed by atoms with Crippen LogP contribution < -0.4 is 20.3 Å². The third-order valence-electron chi connectivity index (χ3n) is 4.84. The van der Waals surface area contributed by atoms with Gasteiger partial charge in [0.1, 0.15) is 12.1 Å². The van der Waals surface area contributed by atoms with Gasteiger partial charge in [-0.3, -0.25) is 9.59 Å². The van der Waals surface area contributed by atoms with Crippen LogP contribution in [0.2, 0.25) is 0 Å². The van der Waals surface area contributed by atoms with Crippen LogP contribution in [0.15, 0.2) is 36.8 Å². The molecule has 8 nitrogen and oxygen atoms in total. The lowest BCUT2D eigenvalue weighted by molar-refractivity contribution is -0.125. The van der Waals surface area contributed by atoms with Crippen molar-refractivity contribution in [2.45, 2.75) is 26.3 Å². The Balaban J connectivity index is 1.55. The molecule has 0 bridgehead atoms. The fourth-order valence-corrected chi connectivity index (χ4v) is 3.38. The highest BCUT2D eigenvalue weighted by molar-refractivity contribution is 5.91. The van der Waals surface area contributed by atoms with Crippen LogP contribution in [0, 0.1) is 5.92 Å². The van der Waals surface area contributed by atoms with Gasteiger partial charge in [0.05, 0.1) is 19.0 Å². The van der Waals surface area contributed by atoms with Crippen molar-refractivity contribution in [3.63, 3.8) is 0 Å². The van der Waals surface area contributed by atoms with Crippen LogP contribution in [0.1, 0.15) is 25.3 Å². The largest absolute Gasteiger partial charge is 0.496 e. The number of nitrogens with zero attached hydrogens (tertiary/aromatic N) is 3. The number of benzene rings is 1. The highest BCUT2D eigenvalue weighted by atomic mass is 16.5. The molecule has 8 heteroatoms. The van der Waals surface area contributed by atoms with Crippen molar-refractivity contribution < 1.29 is 14.3 Å². The molecule has 1 aromatic heterocycles. The standard InChI is InChI=1S/C20H25N5O3/c1-14(26)24-19-17(12-21-13-23-19)25-9-7-15(8-10-25)20(27)22-11-16-5-3-4-6-18(16)28-2/h3-6,12-13,15H,7-11H2,1-2H3,(H,22,27)(H,21,23,24,26). The molecule has 1 saturated heterocycles. The molecule has 0 spiro atoms. The van der Waals surface area contributed by atoms with Gasteiger partial charge in [0, 0.05) is 38.0 Å². The molecule has 1 aromatic carbocycles. The van der Waals surface area contributed by atoms with E-state index in [1.165, 1.54) is 13.3 Å². The van der Waals surface area contributed by atoms with Gasteiger partial charge in [0.15, 0.2) is 5.82 Å². The number of anilines is 2. The Morgan fingerprint density at radius 3 is 2.71 bits per heavy atom. The van der Waals surface area contributed by atoms with E-state index in [0.29, 0.717) is 25.5 Å². The molecule has 0 atom stereocenters. The lowest BCUT2D eigenvalue weighted by Gasteiger charge is -2.33. The predicted molar refractivity (Wildman–Crippen MR) is 106 cm³/mol. The average Bonchev–Trinajstić information content (AvgIpc) is 2.72. The topological polar surface area (TPSA) is 96.4 Å². The van der Waals surface area contributed by atoms with Gasteiger partial charge in [0.25, 0.3) is 0 Å². The van der Waals surface area contributed by atoms with Gasteiger partial charge in [-0.1, -0.05) is 18.2 Å². The van der Waals surface area contributed by atoms with E-state index >= 15 is 0 Å². The number of aromatic nitrogens is 2. The quantitative estimate of drug-likeness (QED) is 0.792. The van der Waals surface area contributed by atoms with Crippen molar-refractivity contribution in [1.82, 2.24) is 15.3 Å². The third kappa shape index (κ3) is 4.76. The summed E-state index contributed by atoms with van der Waals surface area (Å²) in [5.74, 6) is 1.11. The molecular weight excluding hydrogens is 358 g/mol. The summed E-state index contributed by atoms with van der Waals surface area (Å²) >= 11 is 0. The van der Waals surface area contributed by atoms with E-state index in [0.717, 1.165) is 29.8 Å². The Hall–Kier alpha value is -3.16. The molecule has 2 heterocycles. The Kier molecular flexibility index (Phi) is 6.41. The first-order chi connectivity index (χ1) is 13.6. The molecule has 2 N–H and O–H groups in total. The summed E-state index contributed by atoms with van der Waals surface area (Å²) in [6.07, 6.45) is 4.56. The summed E-state index contributed by atoms with van der Waals surface area (Å²) in [5, 5.41) is 5.75. The van der Waals surface area contributed by atoms with Gasteiger partial charge < -0.3 is 20.3 Å². The van der Waals surface area contributed by atoms with Gasteiger partial charge >= 0.3 is 0 Å². The smallest absolute Gasteiger partial charge is 0.223 e. The minimum absolute atomic E-state index is 0.0418. The summed E-state index contributed by atoms with van der Waals surface area (Å²) in [6.45, 7) is 3.30. The van der Waals surface area contributed by atoms with Gasteiger partial charge in [-0.05, 0) is 18.9 Å². The molecule has 2 aromatic rings. The summed E-state index contributed by atoms with van der Waals surface area (Å²) < 4.78 is 5.33. The molecule has 2 amide bonds. The first-order valence-corrected chi connectivity index (χ1v) is 9.30. The zero-order chi connectivity index (χ0) is 19.9. The number of hydrogen-bond acceptors (Lipinski definition) is 6. The number of carbonyl (C=O) groups excluding carboxylic acids is 2. The molecule has 1 fully saturated rings. The number of ether oxygens (including phenoxy) is 1. The molecule has 148 valence electrons. The second-order valence-electron chi connectivity index (χ2n) is 6.73. The van der Waals surface area contributed by atoms with E-state index in [1.807, 2.05) is 24.3 Å². The lowest BCUT2D eigenvalue weighted by atomic mass is 9.95. The number of hydrogen-bond donors (Lipinski definition) is 2. The Morgan fingerprint density at radius 2 is 2.00 bits per heavy atom. The maximum absolute atomic E-state index is 12.6. The fraction of sp³-hybridized carbons (Fsp3) is 0.400. The molecule has 28 heavy (non-hydrogen) atoms. The summed E-state index contributed by atoms with van der Waals surface area (Å²) in [4.78, 5) is 34.3. The van der Waals surface area contributed by atoms with Crippen LogP contribution in [0.3, 0.4) is 0 Å². The van der Waals surface area contributed by atoms with E-state index in [1.54, 1.807) is 13.3 Å². The highest BCUT2D eigenvalue weighted by Crippen LogP contribution is 2.28. The van der Waals surface area contributed by atoms with Crippen molar-refractivity contribution >= 4 is 23.3 Å². The Morgan fingerprint density at radius 1 is 1.25 bits per heavy atom. The van der Waals surface area contributed by atoms with Crippen molar-refractivity contribution in [1.29, 1.82) is 0 Å². The molecule has 1 aliphatic rings. The van der Waals surface area contributed by atoms with Crippen LogP contribution in [-0.4, -0.2) is 42.0 Å². The highest BCUT2D eigenvalue weighted by Gasteiger charge is 2.26. The molecular formula is C20H25N5O3. The van der Waals surface area contributed by atoms with E-state index < -0.39 is 0 Å². The zero-order valence-electron chi connectivity index (χ0n) is 16.1. The number of rotatable bonds is 6. The number of amides is 2. The first-order valence-electron chi connectivity index (χ1n) is 9.30. The van der Waals surface area contributed by atoms with Crippen molar-refractivity contribution in [3.05, 3.63) is 42.4 Å². The Labute approximate surface area is 164 Å². The molecule has 3 rings (SSSR count). The number of nitrogens with one attached hydrogen (secondary N) is 2. The number of piperidine rings is 1. The van der Waals surface area contributed by atoms with Crippen LogP contribution in [-0.2, 0) is 16.1 Å². The van der Waals surface area contributed by atoms with Crippen LogP contribution in [0.5, 0.6) is 5.75 Å². The number of methoxy groups -OCH3 is 1. The van der Waals surface area contributed by atoms with E-state index in [-0.39, 0.29) is 17.7 Å². The summed E-state index contributed by atoms with van der Waals surface area (Å²) in [5.41, 5.74) is 1.74. The molecule has 0 unspecified atom stereocenters. The average molecular weight is 383 g/mol. The minimum atomic E-state index is -0.175. The van der Waals surface area contributed by atoms with Gasteiger partial charge in [-0.2, -0.15) is 0 Å². The second kappa shape index (κ2) is 9.16. The number of carbonyl (C=O) groups is 2. The van der Waals surface area contributed by atoms with Crippen molar-refractivity contribution in [2.24, 2.45) is 5.92 Å². The molecule has 0 saturated carbocycles. The van der Waals surface area contributed by atoms with E-state index in [2.05, 4.69) is 25.5 Å². The van der Waals surface area contributed by atoms with E-state index in [9.17, 15) is 9.59 Å². The van der Waals surface area contributed by atoms with Gasteiger partial charge in [-0.25, -0.2) is 9.97 Å². The normalized spacial score (nSPS) is 14.4. The van der Waals surface area contributed by atoms with Crippen LogP contribution >= 0.6 is 0 Å². The molecule has 0 radical (unpaired) electrons. The lowest BCUT2D eigenvalue weighted by Crippen LogP contribution is -2.40. The van der Waals surface area contributed by atoms with Crippen LogP contribution in [0.25, 0.3) is 0 Å². The van der Waals surface area contributed by atoms with Gasteiger partial charge in [0.2, 0.25) is 11.8 Å². The third-order valence-corrected chi connectivity index (χ3v) is 4.84. The number of para-hydroxylation sites is 1. The predicted octanol–water partition coefficient (Wildman–Crippen LogP) is 1.98. The molecule has 1 aliphatic heterocycles. The minimum Gasteiger partial charge on any atom is -0.496 e. The fourth-order valence-electron chi connectivity index (χ4n) is 3.38. The molecule has 0 aliphatic carbocycles.